The third-order valence-electron chi connectivity index (χ3n) is 5.71. The fourth-order valence-corrected chi connectivity index (χ4v) is 5.38. The van der Waals surface area contributed by atoms with Crippen LogP contribution in [0.25, 0.3) is 0 Å². The average molecular weight is 433 g/mol. The van der Waals surface area contributed by atoms with Gasteiger partial charge < -0.3 is 4.90 Å². The van der Waals surface area contributed by atoms with Gasteiger partial charge >= 0.3 is 0 Å². The van der Waals surface area contributed by atoms with Gasteiger partial charge in [-0.15, -0.1) is 0 Å². The van der Waals surface area contributed by atoms with E-state index in [-0.39, 0.29) is 34.6 Å². The predicted molar refractivity (Wildman–Crippen MR) is 110 cm³/mol. The summed E-state index contributed by atoms with van der Waals surface area (Å²) in [7, 11) is -3.57. The standard InChI is InChI=1S/C21H25FN4O3S/c22-16-8-6-15(7-9-16)20-19(14-23-24-20)21(27)26-12-10-17(11-13-26)25-30(28,29)18-4-2-1-3-5-18/h1-9,17,19-20,23-25H,10-14H2. The molecule has 4 rings (SSSR count). The van der Waals surface area contributed by atoms with Crippen LogP contribution >= 0.6 is 0 Å². The van der Waals surface area contributed by atoms with E-state index in [0.29, 0.717) is 32.5 Å². The number of hydrogen-bond donors (Lipinski definition) is 3. The number of carbonyl (C=O) groups is 1. The molecule has 0 bridgehead atoms. The molecule has 2 aliphatic rings. The van der Waals surface area contributed by atoms with Crippen molar-refractivity contribution >= 4 is 15.9 Å². The number of amides is 1. The number of hydrogen-bond acceptors (Lipinski definition) is 5. The van der Waals surface area contributed by atoms with E-state index >= 15 is 0 Å². The normalized spacial score (nSPS) is 22.9. The van der Waals surface area contributed by atoms with Crippen molar-refractivity contribution in [1.29, 1.82) is 0 Å². The molecule has 0 aliphatic carbocycles. The quantitative estimate of drug-likeness (QED) is 0.667. The maximum absolute atomic E-state index is 13.2. The molecule has 30 heavy (non-hydrogen) atoms. The number of likely N-dealkylation sites (tertiary alicyclic amines) is 1. The van der Waals surface area contributed by atoms with Crippen LogP contribution in [0.1, 0.15) is 24.4 Å². The summed E-state index contributed by atoms with van der Waals surface area (Å²) in [5.41, 5.74) is 6.99. The van der Waals surface area contributed by atoms with Gasteiger partial charge in [-0.1, -0.05) is 30.3 Å². The Kier molecular flexibility index (Phi) is 6.14. The Bertz CT molecular complexity index is 977. The van der Waals surface area contributed by atoms with Gasteiger partial charge in [0.15, 0.2) is 0 Å². The number of carbonyl (C=O) groups excluding carboxylic acids is 1. The van der Waals surface area contributed by atoms with Gasteiger partial charge in [0.1, 0.15) is 5.82 Å². The van der Waals surface area contributed by atoms with Gasteiger partial charge in [0, 0.05) is 25.7 Å². The molecular weight excluding hydrogens is 407 g/mol. The van der Waals surface area contributed by atoms with Crippen molar-refractivity contribution in [3.63, 3.8) is 0 Å². The lowest BCUT2D eigenvalue weighted by Crippen LogP contribution is -2.48. The molecule has 2 aromatic rings. The number of benzene rings is 2. The molecule has 0 saturated carbocycles. The van der Waals surface area contributed by atoms with Gasteiger partial charge in [0.05, 0.1) is 16.9 Å². The summed E-state index contributed by atoms with van der Waals surface area (Å²) in [6.45, 7) is 1.47. The number of piperidine rings is 1. The van der Waals surface area contributed by atoms with E-state index in [9.17, 15) is 17.6 Å². The van der Waals surface area contributed by atoms with Crippen LogP contribution in [0, 0.1) is 11.7 Å². The van der Waals surface area contributed by atoms with Crippen LogP contribution in [0.3, 0.4) is 0 Å². The van der Waals surface area contributed by atoms with Gasteiger partial charge in [-0.2, -0.15) is 0 Å². The smallest absolute Gasteiger partial charge is 0.240 e. The van der Waals surface area contributed by atoms with Crippen LogP contribution in [-0.2, 0) is 14.8 Å². The number of nitrogens with zero attached hydrogens (tertiary/aromatic N) is 1. The molecule has 7 nitrogen and oxygen atoms in total. The summed E-state index contributed by atoms with van der Waals surface area (Å²) in [5.74, 6) is -0.591. The van der Waals surface area contributed by atoms with Crippen LogP contribution in [-0.4, -0.2) is 44.9 Å². The molecule has 0 radical (unpaired) electrons. The number of halogens is 1. The summed E-state index contributed by atoms with van der Waals surface area (Å²) >= 11 is 0. The molecule has 2 aromatic carbocycles. The lowest BCUT2D eigenvalue weighted by molar-refractivity contribution is -0.136. The van der Waals surface area contributed by atoms with Crippen molar-refractivity contribution in [2.24, 2.45) is 5.92 Å². The van der Waals surface area contributed by atoms with Crippen molar-refractivity contribution in [3.8, 4) is 0 Å². The van der Waals surface area contributed by atoms with Crippen LogP contribution < -0.4 is 15.6 Å². The molecule has 9 heteroatoms. The van der Waals surface area contributed by atoms with Crippen LogP contribution in [0.5, 0.6) is 0 Å². The van der Waals surface area contributed by atoms with Gasteiger partial charge in [-0.3, -0.25) is 10.2 Å². The fourth-order valence-electron chi connectivity index (χ4n) is 4.05. The minimum absolute atomic E-state index is 0.0196. The summed E-state index contributed by atoms with van der Waals surface area (Å²) in [4.78, 5) is 15.1. The van der Waals surface area contributed by atoms with Crippen molar-refractivity contribution in [2.75, 3.05) is 19.6 Å². The minimum atomic E-state index is -3.57. The first-order valence-electron chi connectivity index (χ1n) is 10.0. The largest absolute Gasteiger partial charge is 0.342 e. The summed E-state index contributed by atoms with van der Waals surface area (Å²) < 4.78 is 41.0. The maximum atomic E-state index is 13.2. The Hall–Kier alpha value is -2.33. The van der Waals surface area contributed by atoms with Crippen LogP contribution in [0.2, 0.25) is 0 Å². The molecule has 2 atom stereocenters. The van der Waals surface area contributed by atoms with Crippen molar-refractivity contribution in [2.45, 2.75) is 29.8 Å². The molecule has 2 fully saturated rings. The second-order valence-electron chi connectivity index (χ2n) is 7.69. The lowest BCUT2D eigenvalue weighted by Gasteiger charge is -2.34. The topological polar surface area (TPSA) is 90.5 Å². The third kappa shape index (κ3) is 4.54. The Balaban J connectivity index is 1.35. The first-order chi connectivity index (χ1) is 14.4. The predicted octanol–water partition coefficient (Wildman–Crippen LogP) is 1.56. The van der Waals surface area contributed by atoms with Crippen molar-refractivity contribution in [3.05, 3.63) is 66.0 Å². The Morgan fingerprint density at radius 2 is 1.70 bits per heavy atom. The summed E-state index contributed by atoms with van der Waals surface area (Å²) in [5, 5.41) is 0. The van der Waals surface area contributed by atoms with Crippen molar-refractivity contribution in [1.82, 2.24) is 20.5 Å². The van der Waals surface area contributed by atoms with Gasteiger partial charge in [-0.25, -0.2) is 23.0 Å². The van der Waals surface area contributed by atoms with E-state index < -0.39 is 10.0 Å². The zero-order valence-electron chi connectivity index (χ0n) is 16.4. The molecule has 3 N–H and O–H groups in total. The molecule has 1 amide bonds. The van der Waals surface area contributed by atoms with E-state index in [1.807, 2.05) is 0 Å². The molecule has 2 heterocycles. The summed E-state index contributed by atoms with van der Waals surface area (Å²) in [6.07, 6.45) is 1.12. The van der Waals surface area contributed by atoms with E-state index in [1.165, 1.54) is 12.1 Å². The molecule has 2 saturated heterocycles. The zero-order chi connectivity index (χ0) is 21.1. The van der Waals surface area contributed by atoms with E-state index in [2.05, 4.69) is 15.6 Å². The second-order valence-corrected chi connectivity index (χ2v) is 9.41. The highest BCUT2D eigenvalue weighted by Crippen LogP contribution is 2.28. The summed E-state index contributed by atoms with van der Waals surface area (Å²) in [6, 6.07) is 14.0. The highest BCUT2D eigenvalue weighted by atomic mass is 32.2. The number of rotatable bonds is 5. The molecule has 0 aromatic heterocycles. The first kappa shape index (κ1) is 20.9. The monoisotopic (exact) mass is 432 g/mol. The molecule has 160 valence electrons. The number of nitrogens with one attached hydrogen (secondary N) is 3. The highest BCUT2D eigenvalue weighted by molar-refractivity contribution is 7.89. The van der Waals surface area contributed by atoms with E-state index in [4.69, 9.17) is 0 Å². The molecule has 2 aliphatic heterocycles. The zero-order valence-corrected chi connectivity index (χ0v) is 17.2. The number of hydrazine groups is 1. The van der Waals surface area contributed by atoms with Gasteiger partial charge in [-0.05, 0) is 42.7 Å². The first-order valence-corrected chi connectivity index (χ1v) is 11.5. The molecular formula is C21H25FN4O3S. The number of sulfonamides is 1. The Labute approximate surface area is 175 Å². The maximum Gasteiger partial charge on any atom is 0.240 e. The van der Waals surface area contributed by atoms with E-state index in [0.717, 1.165) is 5.56 Å². The SMILES string of the molecule is O=C(C1CNNC1c1ccc(F)cc1)N1CCC(NS(=O)(=O)c2ccccc2)CC1. The lowest BCUT2D eigenvalue weighted by atomic mass is 9.92. The highest BCUT2D eigenvalue weighted by Gasteiger charge is 2.38. The fraction of sp³-hybridized carbons (Fsp3) is 0.381. The van der Waals surface area contributed by atoms with Gasteiger partial charge in [0.25, 0.3) is 0 Å². The second kappa shape index (κ2) is 8.81. The van der Waals surface area contributed by atoms with Crippen LogP contribution in [0.4, 0.5) is 4.39 Å². The van der Waals surface area contributed by atoms with Crippen molar-refractivity contribution < 1.29 is 17.6 Å². The molecule has 2 unspecified atom stereocenters. The Morgan fingerprint density at radius 1 is 1.03 bits per heavy atom. The van der Waals surface area contributed by atoms with Gasteiger partial charge in [0.2, 0.25) is 15.9 Å². The minimum Gasteiger partial charge on any atom is -0.342 e. The van der Waals surface area contributed by atoms with E-state index in [1.54, 1.807) is 47.4 Å². The molecule has 0 spiro atoms. The Morgan fingerprint density at radius 3 is 2.37 bits per heavy atom. The average Bonchev–Trinajstić information content (AvgIpc) is 3.24. The third-order valence-corrected chi connectivity index (χ3v) is 7.25. The van der Waals surface area contributed by atoms with Crippen LogP contribution in [0.15, 0.2) is 59.5 Å².